The second-order valence-electron chi connectivity index (χ2n) is 2.72. The Bertz CT molecular complexity index is 345. The minimum absolute atomic E-state index is 0.183. The van der Waals surface area contributed by atoms with Crippen molar-refractivity contribution in [2.24, 2.45) is 0 Å². The van der Waals surface area contributed by atoms with Crippen LogP contribution in [-0.2, 0) is 13.5 Å². The average Bonchev–Trinajstić information content (AvgIpc) is 2.14. The van der Waals surface area contributed by atoms with E-state index >= 15 is 0 Å². The van der Waals surface area contributed by atoms with Gasteiger partial charge >= 0.3 is 5.43 Å². The molecule has 0 unspecified atom stereocenters. The lowest BCUT2D eigenvalue weighted by molar-refractivity contribution is 0.167. The molecule has 1 aromatic rings. The molecule has 0 heterocycles. The normalized spacial score (nSPS) is 11.2. The average molecular weight is 421 g/mol. The summed E-state index contributed by atoms with van der Waals surface area (Å²) in [6.45, 7) is 0.183. The number of carbonyl (C=O) groups excluding carboxylic acids is 1. The predicted molar refractivity (Wildman–Crippen MR) is 70.9 cm³/mol. The van der Waals surface area contributed by atoms with Crippen molar-refractivity contribution in [1.29, 1.82) is 0 Å². The van der Waals surface area contributed by atoms with E-state index in [1.54, 1.807) is 0 Å². The largest absolute Gasteiger partial charge is 0.449 e. The molecule has 2 nitrogen and oxygen atoms in total. The molecule has 0 bridgehead atoms. The number of hydrogen-bond donors (Lipinski definition) is 0. The lowest BCUT2D eigenvalue weighted by Gasteiger charge is -2.12. The van der Waals surface area contributed by atoms with Gasteiger partial charge in [0.2, 0.25) is 0 Å². The van der Waals surface area contributed by atoms with Gasteiger partial charge in [0, 0.05) is 11.6 Å². The molecule has 1 aromatic carbocycles. The molecule has 0 radical (unpaired) electrons. The standard InChI is InChI=1S/C9H6Br3ClO2/c10-9(11,12)7-3-1-6(2-4-7)5-15-8(13)14/h1-4H,5H2. The summed E-state index contributed by atoms with van der Waals surface area (Å²) < 4.78 is 4.22. The van der Waals surface area contributed by atoms with Gasteiger partial charge in [-0.15, -0.1) is 0 Å². The maximum absolute atomic E-state index is 10.4. The summed E-state index contributed by atoms with van der Waals surface area (Å²) in [5, 5.41) is 0. The number of carbonyl (C=O) groups is 1. The Morgan fingerprint density at radius 1 is 1.27 bits per heavy atom. The number of alkyl halides is 3. The van der Waals surface area contributed by atoms with E-state index in [1.807, 2.05) is 24.3 Å². The fourth-order valence-electron chi connectivity index (χ4n) is 0.930. The Labute approximate surface area is 118 Å². The highest BCUT2D eigenvalue weighted by atomic mass is 80.0. The highest BCUT2D eigenvalue weighted by Crippen LogP contribution is 2.44. The smallest absolute Gasteiger partial charge is 0.404 e. The fraction of sp³-hybridized carbons (Fsp3) is 0.222. The molecule has 15 heavy (non-hydrogen) atoms. The lowest BCUT2D eigenvalue weighted by Crippen LogP contribution is -1.99. The molecule has 82 valence electrons. The summed E-state index contributed by atoms with van der Waals surface area (Å²) in [6, 6.07) is 7.51. The van der Waals surface area contributed by atoms with Crippen LogP contribution in [0.3, 0.4) is 0 Å². The Morgan fingerprint density at radius 2 is 1.80 bits per heavy atom. The fourth-order valence-corrected chi connectivity index (χ4v) is 1.78. The van der Waals surface area contributed by atoms with Crippen LogP contribution >= 0.6 is 59.4 Å². The second kappa shape index (κ2) is 5.66. The topological polar surface area (TPSA) is 26.3 Å². The van der Waals surface area contributed by atoms with Crippen molar-refractivity contribution >= 4 is 64.8 Å². The van der Waals surface area contributed by atoms with Gasteiger partial charge in [0.05, 0.1) is 0 Å². The molecular formula is C9H6Br3ClO2. The van der Waals surface area contributed by atoms with E-state index in [9.17, 15) is 4.79 Å². The van der Waals surface area contributed by atoms with Crippen LogP contribution in [0.25, 0.3) is 0 Å². The summed E-state index contributed by atoms with van der Waals surface area (Å²) >= 11 is 15.2. The summed E-state index contributed by atoms with van der Waals surface area (Å²) in [6.07, 6.45) is 0. The van der Waals surface area contributed by atoms with E-state index in [0.717, 1.165) is 11.1 Å². The van der Waals surface area contributed by atoms with Gasteiger partial charge in [-0.1, -0.05) is 72.1 Å². The van der Waals surface area contributed by atoms with Gasteiger partial charge in [0.1, 0.15) is 6.61 Å². The molecule has 0 saturated heterocycles. The van der Waals surface area contributed by atoms with E-state index in [4.69, 9.17) is 11.6 Å². The molecule has 0 spiro atoms. The van der Waals surface area contributed by atoms with Crippen LogP contribution in [0.5, 0.6) is 0 Å². The van der Waals surface area contributed by atoms with Gasteiger partial charge in [0.15, 0.2) is 2.14 Å². The molecule has 0 fully saturated rings. The Hall–Kier alpha value is 0.420. The van der Waals surface area contributed by atoms with Crippen molar-refractivity contribution in [1.82, 2.24) is 0 Å². The van der Waals surface area contributed by atoms with Gasteiger partial charge < -0.3 is 4.74 Å². The first-order valence-corrected chi connectivity index (χ1v) is 6.63. The molecule has 0 atom stereocenters. The molecule has 0 saturated carbocycles. The van der Waals surface area contributed by atoms with Crippen molar-refractivity contribution in [3.8, 4) is 0 Å². The number of ether oxygens (including phenoxy) is 1. The molecule has 0 N–H and O–H groups in total. The summed E-state index contributed by atoms with van der Waals surface area (Å²) in [5.74, 6) is 0. The summed E-state index contributed by atoms with van der Waals surface area (Å²) in [5.41, 5.74) is 1.09. The van der Waals surface area contributed by atoms with E-state index in [0.29, 0.717) is 0 Å². The van der Waals surface area contributed by atoms with E-state index in [2.05, 4.69) is 52.5 Å². The van der Waals surface area contributed by atoms with Crippen LogP contribution in [0.2, 0.25) is 0 Å². The highest BCUT2D eigenvalue weighted by molar-refractivity contribution is 9.38. The van der Waals surface area contributed by atoms with Crippen molar-refractivity contribution in [3.05, 3.63) is 35.4 Å². The third-order valence-electron chi connectivity index (χ3n) is 1.63. The Morgan fingerprint density at radius 3 is 2.20 bits per heavy atom. The molecule has 0 amide bonds. The molecule has 0 aromatic heterocycles. The van der Waals surface area contributed by atoms with Crippen LogP contribution in [-0.4, -0.2) is 5.43 Å². The van der Waals surface area contributed by atoms with E-state index in [1.165, 1.54) is 0 Å². The van der Waals surface area contributed by atoms with E-state index in [-0.39, 0.29) is 6.61 Å². The number of rotatable bonds is 2. The zero-order valence-corrected chi connectivity index (χ0v) is 12.9. The zero-order valence-electron chi connectivity index (χ0n) is 7.34. The Balaban J connectivity index is 2.69. The number of halogens is 4. The molecular weight excluding hydrogens is 415 g/mol. The third kappa shape index (κ3) is 4.85. The molecule has 0 aliphatic rings. The van der Waals surface area contributed by atoms with Gasteiger partial charge in [-0.25, -0.2) is 4.79 Å². The third-order valence-corrected chi connectivity index (χ3v) is 3.12. The number of hydrogen-bond acceptors (Lipinski definition) is 2. The maximum Gasteiger partial charge on any atom is 0.404 e. The van der Waals surface area contributed by atoms with Crippen LogP contribution in [0.15, 0.2) is 24.3 Å². The van der Waals surface area contributed by atoms with Crippen molar-refractivity contribution < 1.29 is 9.53 Å². The molecule has 1 rings (SSSR count). The van der Waals surface area contributed by atoms with Crippen LogP contribution in [0.1, 0.15) is 11.1 Å². The SMILES string of the molecule is O=C(Cl)OCc1ccc(C(Br)(Br)Br)cc1. The van der Waals surface area contributed by atoms with Crippen LogP contribution in [0.4, 0.5) is 4.79 Å². The van der Waals surface area contributed by atoms with Gasteiger partial charge in [0.25, 0.3) is 0 Å². The quantitative estimate of drug-likeness (QED) is 0.504. The maximum atomic E-state index is 10.4. The second-order valence-corrected chi connectivity index (χ2v) is 9.79. The first kappa shape index (κ1) is 13.5. The van der Waals surface area contributed by atoms with Crippen molar-refractivity contribution in [2.45, 2.75) is 8.75 Å². The van der Waals surface area contributed by atoms with Gasteiger partial charge in [-0.2, -0.15) is 0 Å². The molecule has 0 aliphatic carbocycles. The lowest BCUT2D eigenvalue weighted by atomic mass is 10.2. The molecule has 6 heteroatoms. The monoisotopic (exact) mass is 418 g/mol. The first-order valence-electron chi connectivity index (χ1n) is 3.88. The minimum Gasteiger partial charge on any atom is -0.449 e. The van der Waals surface area contributed by atoms with Gasteiger partial charge in [-0.05, 0) is 11.1 Å². The van der Waals surface area contributed by atoms with Crippen molar-refractivity contribution in [3.63, 3.8) is 0 Å². The summed E-state index contributed by atoms with van der Waals surface area (Å²) in [7, 11) is 0. The highest BCUT2D eigenvalue weighted by Gasteiger charge is 2.20. The zero-order chi connectivity index (χ0) is 11.5. The molecule has 0 aliphatic heterocycles. The van der Waals surface area contributed by atoms with Crippen molar-refractivity contribution in [2.75, 3.05) is 0 Å². The van der Waals surface area contributed by atoms with E-state index < -0.39 is 7.57 Å². The van der Waals surface area contributed by atoms with Crippen LogP contribution < -0.4 is 0 Å². The Kier molecular flexibility index (Phi) is 5.09. The number of benzene rings is 1. The summed E-state index contributed by atoms with van der Waals surface area (Å²) in [4.78, 5) is 10.4. The van der Waals surface area contributed by atoms with Crippen LogP contribution in [0, 0.1) is 0 Å². The minimum atomic E-state index is -0.796. The van der Waals surface area contributed by atoms with Gasteiger partial charge in [-0.3, -0.25) is 0 Å². The predicted octanol–water partition coefficient (Wildman–Crippen LogP) is 4.86. The first-order chi connectivity index (χ1) is 6.89.